The van der Waals surface area contributed by atoms with E-state index in [1.54, 1.807) is 23.0 Å². The number of carbonyl (C=O) groups is 1. The van der Waals surface area contributed by atoms with E-state index in [1.165, 1.54) is 31.4 Å². The summed E-state index contributed by atoms with van der Waals surface area (Å²) >= 11 is 0. The second-order valence-electron chi connectivity index (χ2n) is 10.5. The zero-order valence-corrected chi connectivity index (χ0v) is 19.8. The zero-order chi connectivity index (χ0) is 24.7. The average Bonchev–Trinajstić information content (AvgIpc) is 3.28. The Hall–Kier alpha value is -3.55. The van der Waals surface area contributed by atoms with Crippen molar-refractivity contribution >= 4 is 12.1 Å². The van der Waals surface area contributed by atoms with Gasteiger partial charge in [0.05, 0.1) is 17.3 Å². The molecule has 4 saturated carbocycles. The molecule has 4 aliphatic carbocycles. The Balaban J connectivity index is 1.25. The van der Waals surface area contributed by atoms with Crippen molar-refractivity contribution in [1.29, 1.82) is 0 Å². The third kappa shape index (κ3) is 4.40. The van der Waals surface area contributed by atoms with Gasteiger partial charge in [0, 0.05) is 17.3 Å². The molecule has 0 saturated heterocycles. The van der Waals surface area contributed by atoms with Crippen molar-refractivity contribution < 1.29 is 18.3 Å². The summed E-state index contributed by atoms with van der Waals surface area (Å²) in [4.78, 5) is 13.3. The van der Waals surface area contributed by atoms with Crippen molar-refractivity contribution in [2.75, 3.05) is 0 Å². The van der Waals surface area contributed by atoms with E-state index in [9.17, 15) is 13.6 Å². The van der Waals surface area contributed by atoms with Gasteiger partial charge in [-0.3, -0.25) is 4.79 Å². The molecule has 8 heteroatoms. The number of benzene rings is 2. The van der Waals surface area contributed by atoms with Crippen molar-refractivity contribution in [3.05, 3.63) is 66.4 Å². The van der Waals surface area contributed by atoms with E-state index in [1.807, 2.05) is 36.5 Å². The van der Waals surface area contributed by atoms with Gasteiger partial charge in [0.2, 0.25) is 5.91 Å². The second-order valence-corrected chi connectivity index (χ2v) is 10.5. The van der Waals surface area contributed by atoms with Gasteiger partial charge in [0.1, 0.15) is 11.4 Å². The first-order valence-electron chi connectivity index (χ1n) is 12.5. The first kappa shape index (κ1) is 22.9. The summed E-state index contributed by atoms with van der Waals surface area (Å²) in [5.74, 6) is 2.15. The van der Waals surface area contributed by atoms with Crippen LogP contribution >= 0.6 is 0 Å². The van der Waals surface area contributed by atoms with Crippen molar-refractivity contribution in [3.8, 4) is 22.7 Å². The van der Waals surface area contributed by atoms with Crippen LogP contribution in [0.25, 0.3) is 16.9 Å². The Kier molecular flexibility index (Phi) is 5.82. The maximum Gasteiger partial charge on any atom is 0.387 e. The number of amides is 1. The number of rotatable bonds is 7. The van der Waals surface area contributed by atoms with Crippen LogP contribution in [0, 0.1) is 23.2 Å². The zero-order valence-electron chi connectivity index (χ0n) is 19.8. The summed E-state index contributed by atoms with van der Waals surface area (Å²) in [7, 11) is 0. The molecular weight excluding hydrogens is 462 g/mol. The molecule has 0 aliphatic heterocycles. The molecule has 0 spiro atoms. The topological polar surface area (TPSA) is 68.5 Å². The fourth-order valence-corrected chi connectivity index (χ4v) is 6.88. The molecule has 186 valence electrons. The molecule has 1 N–H and O–H groups in total. The molecule has 0 atom stereocenters. The molecule has 4 fully saturated rings. The monoisotopic (exact) mass is 490 g/mol. The van der Waals surface area contributed by atoms with Crippen LogP contribution in [-0.2, 0) is 4.79 Å². The van der Waals surface area contributed by atoms with Crippen LogP contribution in [0.4, 0.5) is 8.78 Å². The fourth-order valence-electron chi connectivity index (χ4n) is 6.88. The van der Waals surface area contributed by atoms with Crippen LogP contribution in [0.15, 0.2) is 65.9 Å². The highest BCUT2D eigenvalue weighted by Crippen LogP contribution is 2.60. The molecule has 6 nitrogen and oxygen atoms in total. The minimum Gasteiger partial charge on any atom is -0.435 e. The number of halogens is 2. The van der Waals surface area contributed by atoms with E-state index in [-0.39, 0.29) is 17.1 Å². The van der Waals surface area contributed by atoms with Gasteiger partial charge in [-0.1, -0.05) is 18.2 Å². The smallest absolute Gasteiger partial charge is 0.387 e. The summed E-state index contributed by atoms with van der Waals surface area (Å²) in [6, 6.07) is 16.0. The second kappa shape index (κ2) is 9.15. The van der Waals surface area contributed by atoms with Crippen molar-refractivity contribution in [3.63, 3.8) is 0 Å². The summed E-state index contributed by atoms with van der Waals surface area (Å²) in [5, 5.41) is 9.06. The number of hydrogen-bond donors (Lipinski definition) is 1. The first-order chi connectivity index (χ1) is 17.5. The van der Waals surface area contributed by atoms with E-state index in [2.05, 4.69) is 15.3 Å². The summed E-state index contributed by atoms with van der Waals surface area (Å²) in [6.45, 7) is -2.88. The van der Waals surface area contributed by atoms with Gasteiger partial charge in [0.15, 0.2) is 0 Å². The van der Waals surface area contributed by atoms with Gasteiger partial charge in [-0.05, 0) is 92.7 Å². The first-order valence-corrected chi connectivity index (χ1v) is 12.5. The Morgan fingerprint density at radius 2 is 1.67 bits per heavy atom. The largest absolute Gasteiger partial charge is 0.435 e. The highest BCUT2D eigenvalue weighted by atomic mass is 19.3. The molecule has 7 rings (SSSR count). The maximum absolute atomic E-state index is 13.3. The van der Waals surface area contributed by atoms with Crippen LogP contribution in [0.1, 0.15) is 44.1 Å². The molecular formula is C28H28F2N4O2. The molecule has 36 heavy (non-hydrogen) atoms. The number of hydrogen-bond acceptors (Lipinski definition) is 4. The number of carbonyl (C=O) groups excluding carboxylic acids is 1. The SMILES string of the molecule is O=C(NN=Cc1cn(-c2ccccc2)nc1-c1ccc(OC(F)F)cc1)C12CC3CC(CC(C3)C1)C2. The summed E-state index contributed by atoms with van der Waals surface area (Å²) < 4.78 is 31.3. The summed E-state index contributed by atoms with van der Waals surface area (Å²) in [6.07, 6.45) is 10.2. The predicted octanol–water partition coefficient (Wildman–Crippen LogP) is 5.81. The maximum atomic E-state index is 13.3. The number of nitrogens with one attached hydrogen (secondary N) is 1. The Morgan fingerprint density at radius 1 is 1.03 bits per heavy atom. The van der Waals surface area contributed by atoms with Crippen LogP contribution in [0.3, 0.4) is 0 Å². The van der Waals surface area contributed by atoms with Crippen molar-refractivity contribution in [2.24, 2.45) is 28.3 Å². The van der Waals surface area contributed by atoms with E-state index >= 15 is 0 Å². The third-order valence-electron chi connectivity index (χ3n) is 8.01. The molecule has 4 aliphatic rings. The Bertz CT molecular complexity index is 1240. The number of nitrogens with zero attached hydrogens (tertiary/aromatic N) is 3. The highest BCUT2D eigenvalue weighted by Gasteiger charge is 2.54. The lowest BCUT2D eigenvalue weighted by atomic mass is 9.49. The van der Waals surface area contributed by atoms with Gasteiger partial charge >= 0.3 is 6.61 Å². The number of hydrazone groups is 1. The normalized spacial score (nSPS) is 26.6. The Labute approximate surface area is 208 Å². The number of ether oxygens (including phenoxy) is 1. The predicted molar refractivity (Wildman–Crippen MR) is 132 cm³/mol. The summed E-state index contributed by atoms with van der Waals surface area (Å²) in [5.41, 5.74) is 5.48. The molecule has 1 heterocycles. The number of aromatic nitrogens is 2. The van der Waals surface area contributed by atoms with Gasteiger partial charge in [-0.15, -0.1) is 0 Å². The molecule has 3 aromatic rings. The molecule has 0 unspecified atom stereocenters. The molecule has 2 aromatic carbocycles. The van der Waals surface area contributed by atoms with Crippen LogP contribution in [0.2, 0.25) is 0 Å². The average molecular weight is 491 g/mol. The molecule has 1 amide bonds. The van der Waals surface area contributed by atoms with Crippen molar-refractivity contribution in [2.45, 2.75) is 45.1 Å². The van der Waals surface area contributed by atoms with E-state index in [4.69, 9.17) is 5.10 Å². The van der Waals surface area contributed by atoms with E-state index in [0.29, 0.717) is 29.0 Å². The fraction of sp³-hybridized carbons (Fsp3) is 0.393. The molecule has 0 radical (unpaired) electrons. The quantitative estimate of drug-likeness (QED) is 0.336. The number of alkyl halides is 2. The van der Waals surface area contributed by atoms with Gasteiger partial charge in [0.25, 0.3) is 0 Å². The van der Waals surface area contributed by atoms with E-state index < -0.39 is 6.61 Å². The highest BCUT2D eigenvalue weighted by molar-refractivity contribution is 5.90. The van der Waals surface area contributed by atoms with Crippen LogP contribution in [0.5, 0.6) is 5.75 Å². The Morgan fingerprint density at radius 3 is 2.28 bits per heavy atom. The van der Waals surface area contributed by atoms with Gasteiger partial charge < -0.3 is 4.74 Å². The van der Waals surface area contributed by atoms with Crippen molar-refractivity contribution in [1.82, 2.24) is 15.2 Å². The standard InChI is InChI=1S/C28H28F2N4O2/c29-27(30)36-24-8-6-21(7-9-24)25-22(17-34(33-25)23-4-2-1-3-5-23)16-31-32-26(35)28-13-18-10-19(14-28)12-20(11-18)15-28/h1-9,16-20,27H,10-15H2,(H,32,35). The minimum atomic E-state index is -2.88. The molecule has 1 aromatic heterocycles. The lowest BCUT2D eigenvalue weighted by Crippen LogP contribution is -2.52. The van der Waals surface area contributed by atoms with Crippen LogP contribution in [-0.4, -0.2) is 28.5 Å². The van der Waals surface area contributed by atoms with Crippen LogP contribution < -0.4 is 10.2 Å². The lowest BCUT2D eigenvalue weighted by molar-refractivity contribution is -0.146. The third-order valence-corrected chi connectivity index (χ3v) is 8.01. The van der Waals surface area contributed by atoms with Gasteiger partial charge in [-0.2, -0.15) is 19.0 Å². The van der Waals surface area contributed by atoms with E-state index in [0.717, 1.165) is 30.5 Å². The number of para-hydroxylation sites is 1. The lowest BCUT2D eigenvalue weighted by Gasteiger charge is -2.55. The van der Waals surface area contributed by atoms with Gasteiger partial charge in [-0.25, -0.2) is 10.1 Å². The minimum absolute atomic E-state index is 0.0309. The molecule has 4 bridgehead atoms.